The molecule has 3 aromatic rings. The fraction of sp³-hybridized carbons (Fsp3) is 0.0500. The maximum absolute atomic E-state index is 13.1. The Bertz CT molecular complexity index is 1130. The van der Waals surface area contributed by atoms with Crippen LogP contribution in [0.2, 0.25) is 5.02 Å². The van der Waals surface area contributed by atoms with Crippen molar-refractivity contribution in [3.63, 3.8) is 0 Å². The number of sulfonamides is 1. The Labute approximate surface area is 172 Å². The van der Waals surface area contributed by atoms with Crippen LogP contribution in [0.15, 0.2) is 76.2 Å². The minimum Gasteiger partial charge on any atom is -0.468 e. The van der Waals surface area contributed by atoms with Crippen LogP contribution in [-0.2, 0) is 21.4 Å². The molecule has 0 bridgehead atoms. The van der Waals surface area contributed by atoms with E-state index < -0.39 is 21.7 Å². The number of hydrogen-bond acceptors (Lipinski definition) is 4. The van der Waals surface area contributed by atoms with E-state index in [0.717, 1.165) is 6.07 Å². The molecule has 9 heteroatoms. The Hall–Kier alpha value is -2.94. The first-order chi connectivity index (χ1) is 13.8. The summed E-state index contributed by atoms with van der Waals surface area (Å²) in [5.74, 6) is -0.514. The van der Waals surface area contributed by atoms with Crippen LogP contribution >= 0.6 is 11.6 Å². The number of rotatable bonds is 7. The van der Waals surface area contributed by atoms with Crippen molar-refractivity contribution in [2.75, 3.05) is 5.32 Å². The monoisotopic (exact) mass is 434 g/mol. The van der Waals surface area contributed by atoms with E-state index in [1.54, 1.807) is 24.3 Å². The zero-order valence-electron chi connectivity index (χ0n) is 14.9. The predicted molar refractivity (Wildman–Crippen MR) is 108 cm³/mol. The van der Waals surface area contributed by atoms with Gasteiger partial charge in [-0.25, -0.2) is 17.5 Å². The molecule has 2 N–H and O–H groups in total. The van der Waals surface area contributed by atoms with Crippen LogP contribution < -0.4 is 10.0 Å². The quantitative estimate of drug-likeness (QED) is 0.545. The molecule has 0 unspecified atom stereocenters. The number of carbonyl (C=O) groups excluding carboxylic acids is 1. The molecule has 29 heavy (non-hydrogen) atoms. The van der Waals surface area contributed by atoms with E-state index in [-0.39, 0.29) is 16.5 Å². The van der Waals surface area contributed by atoms with Crippen LogP contribution in [0.5, 0.6) is 0 Å². The summed E-state index contributed by atoms with van der Waals surface area (Å²) in [5.41, 5.74) is 0.984. The number of nitrogens with one attached hydrogen (secondary N) is 2. The molecule has 1 amide bonds. The molecule has 0 aliphatic rings. The highest BCUT2D eigenvalue weighted by Crippen LogP contribution is 2.19. The molecule has 0 saturated carbocycles. The number of anilines is 1. The predicted octanol–water partition coefficient (Wildman–Crippen LogP) is 4.20. The molecule has 0 fully saturated rings. The van der Waals surface area contributed by atoms with Crippen LogP contribution in [-0.4, -0.2) is 14.3 Å². The van der Waals surface area contributed by atoms with Crippen molar-refractivity contribution < 1.29 is 22.0 Å². The zero-order valence-corrected chi connectivity index (χ0v) is 16.5. The lowest BCUT2D eigenvalue weighted by Gasteiger charge is -2.06. The minimum atomic E-state index is -3.69. The minimum absolute atomic E-state index is 0.0462. The smallest absolute Gasteiger partial charge is 0.248 e. The molecule has 0 radical (unpaired) electrons. The molecule has 0 aliphatic heterocycles. The fourth-order valence-corrected chi connectivity index (χ4v) is 3.52. The van der Waals surface area contributed by atoms with E-state index >= 15 is 0 Å². The Morgan fingerprint density at radius 1 is 1.14 bits per heavy atom. The van der Waals surface area contributed by atoms with Crippen molar-refractivity contribution in [3.8, 4) is 0 Å². The van der Waals surface area contributed by atoms with Gasteiger partial charge in [-0.3, -0.25) is 4.79 Å². The van der Waals surface area contributed by atoms with Crippen molar-refractivity contribution in [3.05, 3.63) is 89.1 Å². The first-order valence-electron chi connectivity index (χ1n) is 8.40. The summed E-state index contributed by atoms with van der Waals surface area (Å²) in [5, 5.41) is 2.46. The van der Waals surface area contributed by atoms with E-state index in [1.807, 2.05) is 0 Å². The SMILES string of the molecule is O=C(/C=C/c1ccc(S(=O)(=O)NCc2ccco2)cc1)Nc1ccc(F)c(Cl)c1. The Morgan fingerprint density at radius 2 is 1.90 bits per heavy atom. The van der Waals surface area contributed by atoms with E-state index in [0.29, 0.717) is 17.0 Å². The maximum Gasteiger partial charge on any atom is 0.248 e. The Kier molecular flexibility index (Phi) is 6.48. The summed E-state index contributed by atoms with van der Waals surface area (Å²) >= 11 is 5.67. The normalized spacial score (nSPS) is 11.7. The second-order valence-corrected chi connectivity index (χ2v) is 8.10. The van der Waals surface area contributed by atoms with Crippen LogP contribution in [0.4, 0.5) is 10.1 Å². The van der Waals surface area contributed by atoms with Gasteiger partial charge >= 0.3 is 0 Å². The van der Waals surface area contributed by atoms with Gasteiger partial charge in [0.25, 0.3) is 0 Å². The Morgan fingerprint density at radius 3 is 2.55 bits per heavy atom. The average molecular weight is 435 g/mol. The van der Waals surface area contributed by atoms with Crippen molar-refractivity contribution in [2.45, 2.75) is 11.4 Å². The number of halogens is 2. The summed E-state index contributed by atoms with van der Waals surface area (Å²) < 4.78 is 45.2. The van der Waals surface area contributed by atoms with Gasteiger partial charge in [-0.05, 0) is 54.1 Å². The van der Waals surface area contributed by atoms with Gasteiger partial charge in [0, 0.05) is 11.8 Å². The topological polar surface area (TPSA) is 88.4 Å². The van der Waals surface area contributed by atoms with E-state index in [1.165, 1.54) is 42.7 Å². The molecular formula is C20H16ClFN2O4S. The van der Waals surface area contributed by atoms with Crippen LogP contribution in [0.25, 0.3) is 6.08 Å². The third-order valence-corrected chi connectivity index (χ3v) is 5.53. The molecule has 2 aromatic carbocycles. The summed E-state index contributed by atoms with van der Waals surface area (Å²) in [6.45, 7) is 0.0462. The van der Waals surface area contributed by atoms with Crippen LogP contribution in [0, 0.1) is 5.82 Å². The van der Waals surface area contributed by atoms with E-state index in [9.17, 15) is 17.6 Å². The van der Waals surface area contributed by atoms with Gasteiger partial charge < -0.3 is 9.73 Å². The van der Waals surface area contributed by atoms with Gasteiger partial charge in [0.15, 0.2) is 0 Å². The molecule has 0 spiro atoms. The van der Waals surface area contributed by atoms with Gasteiger partial charge in [0.2, 0.25) is 15.9 Å². The van der Waals surface area contributed by atoms with Crippen molar-refractivity contribution >= 4 is 39.3 Å². The Balaban J connectivity index is 1.60. The van der Waals surface area contributed by atoms with Crippen LogP contribution in [0.3, 0.4) is 0 Å². The van der Waals surface area contributed by atoms with Gasteiger partial charge in [-0.2, -0.15) is 0 Å². The highest BCUT2D eigenvalue weighted by molar-refractivity contribution is 7.89. The molecule has 150 valence electrons. The summed E-state index contributed by atoms with van der Waals surface area (Å²) in [7, 11) is -3.69. The van der Waals surface area contributed by atoms with E-state index in [2.05, 4.69) is 10.0 Å². The van der Waals surface area contributed by atoms with Crippen molar-refractivity contribution in [2.24, 2.45) is 0 Å². The lowest BCUT2D eigenvalue weighted by Crippen LogP contribution is -2.22. The number of furan rings is 1. The second-order valence-electron chi connectivity index (χ2n) is 5.92. The summed E-state index contributed by atoms with van der Waals surface area (Å²) in [6.07, 6.45) is 4.26. The number of carbonyl (C=O) groups is 1. The van der Waals surface area contributed by atoms with Gasteiger partial charge in [0.05, 0.1) is 22.7 Å². The first kappa shape index (κ1) is 20.8. The molecule has 0 atom stereocenters. The highest BCUT2D eigenvalue weighted by Gasteiger charge is 2.14. The maximum atomic E-state index is 13.1. The number of amides is 1. The number of benzene rings is 2. The van der Waals surface area contributed by atoms with Gasteiger partial charge in [0.1, 0.15) is 11.6 Å². The third-order valence-electron chi connectivity index (χ3n) is 3.82. The average Bonchev–Trinajstić information content (AvgIpc) is 3.22. The second kappa shape index (κ2) is 9.04. The molecule has 1 heterocycles. The fourth-order valence-electron chi connectivity index (χ4n) is 2.35. The standard InChI is InChI=1S/C20H16ClFN2O4S/c21-18-12-15(6-9-19(18)22)24-20(25)10-5-14-3-7-17(8-4-14)29(26,27)23-13-16-2-1-11-28-16/h1-12,23H,13H2,(H,24,25)/b10-5+. The lowest BCUT2D eigenvalue weighted by atomic mass is 10.2. The largest absolute Gasteiger partial charge is 0.468 e. The lowest BCUT2D eigenvalue weighted by molar-refractivity contribution is -0.111. The van der Waals surface area contributed by atoms with Crippen LogP contribution in [0.1, 0.15) is 11.3 Å². The molecule has 0 aliphatic carbocycles. The first-order valence-corrected chi connectivity index (χ1v) is 10.3. The molecular weight excluding hydrogens is 419 g/mol. The molecule has 0 saturated heterocycles. The summed E-state index contributed by atoms with van der Waals surface area (Å²) in [4.78, 5) is 12.0. The zero-order chi connectivity index (χ0) is 20.9. The molecule has 6 nitrogen and oxygen atoms in total. The number of hydrogen-bond donors (Lipinski definition) is 2. The highest BCUT2D eigenvalue weighted by atomic mass is 35.5. The third kappa shape index (κ3) is 5.77. The summed E-state index contributed by atoms with van der Waals surface area (Å²) in [6, 6.07) is 13.2. The van der Waals surface area contributed by atoms with Crippen molar-refractivity contribution in [1.82, 2.24) is 4.72 Å². The van der Waals surface area contributed by atoms with Gasteiger partial charge in [-0.1, -0.05) is 23.7 Å². The van der Waals surface area contributed by atoms with E-state index in [4.69, 9.17) is 16.0 Å². The van der Waals surface area contributed by atoms with Gasteiger partial charge in [-0.15, -0.1) is 0 Å². The molecule has 3 rings (SSSR count). The van der Waals surface area contributed by atoms with Crippen molar-refractivity contribution in [1.29, 1.82) is 0 Å². The molecule has 1 aromatic heterocycles.